The Kier molecular flexibility index (Phi) is 9.50. The van der Waals surface area contributed by atoms with E-state index in [4.69, 9.17) is 14.2 Å². The highest BCUT2D eigenvalue weighted by atomic mass is 32.2. The molecule has 1 aliphatic rings. The fourth-order valence-corrected chi connectivity index (χ4v) is 7.76. The summed E-state index contributed by atoms with van der Waals surface area (Å²) in [5.74, 6) is 0.0553. The van der Waals surface area contributed by atoms with Crippen LogP contribution in [-0.4, -0.2) is 41.2 Å². The van der Waals surface area contributed by atoms with Crippen LogP contribution in [0.5, 0.6) is 17.2 Å². The van der Waals surface area contributed by atoms with Crippen molar-refractivity contribution in [2.24, 2.45) is 0 Å². The van der Waals surface area contributed by atoms with Gasteiger partial charge in [-0.1, -0.05) is 108 Å². The largest absolute Gasteiger partial charge is 0.507 e. The van der Waals surface area contributed by atoms with Crippen molar-refractivity contribution in [3.63, 3.8) is 0 Å². The SMILES string of the molecule is COc1ccc(C(O)=C2C(=O)C(=O)N(c3nnc(SCc4cccc5ccccc45)s3)[C@@H]2c2ccc(OCc3ccccc3)cc2)cc1OC. The Balaban J connectivity index is 1.23. The number of rotatable bonds is 11. The third-order valence-corrected chi connectivity index (χ3v) is 10.5. The normalized spacial score (nSPS) is 15.4. The van der Waals surface area contributed by atoms with Gasteiger partial charge in [-0.3, -0.25) is 14.5 Å². The van der Waals surface area contributed by atoms with Gasteiger partial charge >= 0.3 is 5.91 Å². The summed E-state index contributed by atoms with van der Waals surface area (Å²) in [6.07, 6.45) is 0. The van der Waals surface area contributed by atoms with E-state index < -0.39 is 17.7 Å². The number of thioether (sulfide) groups is 1. The second-order valence-electron chi connectivity index (χ2n) is 11.4. The quantitative estimate of drug-likeness (QED) is 0.0470. The summed E-state index contributed by atoms with van der Waals surface area (Å²) < 4.78 is 17.4. The Labute approximate surface area is 296 Å². The van der Waals surface area contributed by atoms with Crippen molar-refractivity contribution in [3.05, 3.63) is 143 Å². The highest BCUT2D eigenvalue weighted by Crippen LogP contribution is 2.45. The van der Waals surface area contributed by atoms with Crippen LogP contribution in [0.25, 0.3) is 16.5 Å². The number of methoxy groups -OCH3 is 2. The number of amides is 1. The Morgan fingerprint density at radius 1 is 0.840 bits per heavy atom. The molecule has 0 unspecified atom stereocenters. The van der Waals surface area contributed by atoms with Crippen molar-refractivity contribution >= 4 is 56.5 Å². The first-order valence-corrected chi connectivity index (χ1v) is 17.5. The van der Waals surface area contributed by atoms with E-state index in [9.17, 15) is 14.7 Å². The van der Waals surface area contributed by atoms with Gasteiger partial charge in [-0.15, -0.1) is 10.2 Å². The number of aliphatic hydroxyl groups is 1. The van der Waals surface area contributed by atoms with E-state index in [1.165, 1.54) is 42.2 Å². The van der Waals surface area contributed by atoms with E-state index in [2.05, 4.69) is 34.5 Å². The number of carbonyl (C=O) groups is 2. The first-order chi connectivity index (χ1) is 24.4. The number of hydrogen-bond donors (Lipinski definition) is 1. The van der Waals surface area contributed by atoms with Gasteiger partial charge in [-0.25, -0.2) is 0 Å². The number of aliphatic hydroxyl groups excluding tert-OH is 1. The lowest BCUT2D eigenvalue weighted by Gasteiger charge is -2.23. The van der Waals surface area contributed by atoms with E-state index >= 15 is 0 Å². The standard InChI is InChI=1S/C39H31N3O6S2/c1-46-31-20-17-27(21-32(31)47-2)35(43)33-34(26-15-18-29(19-16-26)48-22-24-9-4-3-5-10-24)42(37(45)36(33)44)38-40-41-39(50-38)49-23-28-13-8-12-25-11-6-7-14-30(25)28/h3-21,34,43H,22-23H2,1-2H3/t34-/m1/s1. The molecular weight excluding hydrogens is 671 g/mol. The van der Waals surface area contributed by atoms with Crippen LogP contribution in [0.15, 0.2) is 125 Å². The molecular formula is C39H31N3O6S2. The molecule has 0 spiro atoms. The van der Waals surface area contributed by atoms with Crippen LogP contribution < -0.4 is 19.1 Å². The molecule has 50 heavy (non-hydrogen) atoms. The molecule has 7 rings (SSSR count). The minimum Gasteiger partial charge on any atom is -0.507 e. The minimum atomic E-state index is -0.991. The van der Waals surface area contributed by atoms with Gasteiger partial charge in [0, 0.05) is 11.3 Å². The molecule has 11 heteroatoms. The topological polar surface area (TPSA) is 111 Å². The predicted octanol–water partition coefficient (Wildman–Crippen LogP) is 8.21. The lowest BCUT2D eigenvalue weighted by Crippen LogP contribution is -2.29. The van der Waals surface area contributed by atoms with Gasteiger partial charge in [0.25, 0.3) is 5.78 Å². The number of ether oxygens (including phenoxy) is 3. The third-order valence-electron chi connectivity index (χ3n) is 8.38. The van der Waals surface area contributed by atoms with Gasteiger partial charge in [-0.05, 0) is 57.8 Å². The number of Topliss-reactive ketones (excluding diaryl/α,β-unsaturated/α-hetero) is 1. The molecule has 0 saturated carbocycles. The third kappa shape index (κ3) is 6.52. The summed E-state index contributed by atoms with van der Waals surface area (Å²) in [6, 6.07) is 35.1. The summed E-state index contributed by atoms with van der Waals surface area (Å²) in [7, 11) is 2.99. The maximum Gasteiger partial charge on any atom is 0.301 e. The predicted molar refractivity (Wildman–Crippen MR) is 195 cm³/mol. The van der Waals surface area contributed by atoms with Gasteiger partial charge in [0.15, 0.2) is 15.8 Å². The van der Waals surface area contributed by atoms with Crippen molar-refractivity contribution in [1.29, 1.82) is 0 Å². The smallest absolute Gasteiger partial charge is 0.301 e. The Hall–Kier alpha value is -5.65. The van der Waals surface area contributed by atoms with Crippen LogP contribution in [0.4, 0.5) is 5.13 Å². The molecule has 1 fully saturated rings. The second kappa shape index (κ2) is 14.5. The van der Waals surface area contributed by atoms with E-state index in [1.54, 1.807) is 42.5 Å². The fraction of sp³-hybridized carbons (Fsp3) is 0.128. The van der Waals surface area contributed by atoms with Crippen LogP contribution in [0, 0.1) is 0 Å². The van der Waals surface area contributed by atoms with Crippen LogP contribution in [0.2, 0.25) is 0 Å². The molecule has 1 aliphatic heterocycles. The van der Waals surface area contributed by atoms with E-state index in [-0.39, 0.29) is 22.0 Å². The molecule has 250 valence electrons. The maximum absolute atomic E-state index is 13.8. The Morgan fingerprint density at radius 2 is 1.58 bits per heavy atom. The molecule has 2 heterocycles. The van der Waals surface area contributed by atoms with Crippen molar-refractivity contribution in [1.82, 2.24) is 10.2 Å². The second-order valence-corrected chi connectivity index (χ2v) is 13.5. The first-order valence-electron chi connectivity index (χ1n) is 15.7. The minimum absolute atomic E-state index is 0.0830. The van der Waals surface area contributed by atoms with Crippen molar-refractivity contribution in [3.8, 4) is 17.2 Å². The monoisotopic (exact) mass is 701 g/mol. The molecule has 1 amide bonds. The average Bonchev–Trinajstić information content (AvgIpc) is 3.74. The van der Waals surface area contributed by atoms with Crippen molar-refractivity contribution in [2.75, 3.05) is 19.1 Å². The number of nitrogens with zero attached hydrogens (tertiary/aromatic N) is 3. The van der Waals surface area contributed by atoms with E-state index in [0.717, 1.165) is 21.9 Å². The molecule has 0 radical (unpaired) electrons. The molecule has 0 bridgehead atoms. The molecule has 0 aliphatic carbocycles. The number of benzene rings is 5. The van der Waals surface area contributed by atoms with Crippen LogP contribution >= 0.6 is 23.1 Å². The van der Waals surface area contributed by atoms with Crippen molar-refractivity contribution in [2.45, 2.75) is 22.7 Å². The zero-order chi connectivity index (χ0) is 34.6. The summed E-state index contributed by atoms with van der Waals surface area (Å²) in [6.45, 7) is 0.377. The Bertz CT molecular complexity index is 2210. The number of aromatic nitrogens is 2. The summed E-state index contributed by atoms with van der Waals surface area (Å²) in [4.78, 5) is 28.9. The number of fused-ring (bicyclic) bond motifs is 1. The molecule has 6 aromatic rings. The Morgan fingerprint density at radius 3 is 2.36 bits per heavy atom. The fourth-order valence-electron chi connectivity index (χ4n) is 5.89. The van der Waals surface area contributed by atoms with E-state index in [0.29, 0.717) is 39.5 Å². The zero-order valence-electron chi connectivity index (χ0n) is 27.1. The number of anilines is 1. The zero-order valence-corrected chi connectivity index (χ0v) is 28.7. The maximum atomic E-state index is 13.8. The van der Waals surface area contributed by atoms with Gasteiger partial charge in [0.05, 0.1) is 25.8 Å². The molecule has 9 nitrogen and oxygen atoms in total. The number of carbonyl (C=O) groups excluding carboxylic acids is 2. The van der Waals surface area contributed by atoms with Crippen LogP contribution in [0.1, 0.15) is 28.3 Å². The average molecular weight is 702 g/mol. The first kappa shape index (κ1) is 32.9. The molecule has 1 N–H and O–H groups in total. The van der Waals surface area contributed by atoms with Crippen LogP contribution in [-0.2, 0) is 21.9 Å². The summed E-state index contributed by atoms with van der Waals surface area (Å²) >= 11 is 2.72. The summed E-state index contributed by atoms with van der Waals surface area (Å²) in [5.41, 5.74) is 2.95. The van der Waals surface area contributed by atoms with Gasteiger partial charge in [0.1, 0.15) is 18.1 Å². The number of ketones is 1. The van der Waals surface area contributed by atoms with Gasteiger partial charge < -0.3 is 19.3 Å². The highest BCUT2D eigenvalue weighted by molar-refractivity contribution is 8.00. The lowest BCUT2D eigenvalue weighted by atomic mass is 9.95. The van der Waals surface area contributed by atoms with Gasteiger partial charge in [-0.2, -0.15) is 0 Å². The van der Waals surface area contributed by atoms with E-state index in [1.807, 2.05) is 48.5 Å². The molecule has 1 saturated heterocycles. The number of hydrogen-bond acceptors (Lipinski definition) is 10. The molecule has 5 aromatic carbocycles. The van der Waals surface area contributed by atoms with Crippen LogP contribution in [0.3, 0.4) is 0 Å². The van der Waals surface area contributed by atoms with Crippen molar-refractivity contribution < 1.29 is 28.9 Å². The molecule has 1 aromatic heterocycles. The molecule has 1 atom stereocenters. The summed E-state index contributed by atoms with van der Waals surface area (Å²) in [5, 5.41) is 23.0. The van der Waals surface area contributed by atoms with Gasteiger partial charge in [0.2, 0.25) is 5.13 Å². The lowest BCUT2D eigenvalue weighted by molar-refractivity contribution is -0.132. The highest BCUT2D eigenvalue weighted by Gasteiger charge is 2.48.